The van der Waals surface area contributed by atoms with Crippen LogP contribution in [0.2, 0.25) is 0 Å². The minimum absolute atomic E-state index is 0.563. The maximum Gasteiger partial charge on any atom is 0.0209 e. The first-order valence-electron chi connectivity index (χ1n) is 3.92. The molecule has 3 nitrogen and oxygen atoms in total. The van der Waals surface area contributed by atoms with Crippen LogP contribution in [0.3, 0.4) is 0 Å². The van der Waals surface area contributed by atoms with Gasteiger partial charge in [0.15, 0.2) is 0 Å². The molecule has 0 amide bonds. The van der Waals surface area contributed by atoms with Crippen molar-refractivity contribution in [1.29, 1.82) is 0 Å². The normalized spacial score (nSPS) is 14.4. The Morgan fingerprint density at radius 1 is 1.55 bits per heavy atom. The second kappa shape index (κ2) is 5.69. The third-order valence-electron chi connectivity index (χ3n) is 1.52. The summed E-state index contributed by atoms with van der Waals surface area (Å²) in [7, 11) is 0. The zero-order valence-electron chi connectivity index (χ0n) is 7.37. The number of rotatable bonds is 5. The zero-order valence-corrected chi connectivity index (χ0v) is 8.19. The largest absolute Gasteiger partial charge is 0.760 e. The summed E-state index contributed by atoms with van der Waals surface area (Å²) in [6.45, 7) is 7.23. The van der Waals surface area contributed by atoms with Crippen molar-refractivity contribution in [3.63, 3.8) is 0 Å². The molecule has 0 heterocycles. The Hall–Kier alpha value is 0.0700. The quantitative estimate of drug-likeness (QED) is 0.593. The smallest absolute Gasteiger partial charge is 0.0209 e. The van der Waals surface area contributed by atoms with Crippen LogP contribution in [0.5, 0.6) is 0 Å². The molecule has 4 heteroatoms. The van der Waals surface area contributed by atoms with E-state index < -0.39 is 11.3 Å². The van der Waals surface area contributed by atoms with Crippen molar-refractivity contribution in [2.75, 3.05) is 13.1 Å². The lowest BCUT2D eigenvalue weighted by atomic mass is 10.1. The lowest BCUT2D eigenvalue weighted by molar-refractivity contribution is 0.375. The highest BCUT2D eigenvalue weighted by molar-refractivity contribution is 7.76. The molecule has 0 N–H and O–H groups in total. The van der Waals surface area contributed by atoms with E-state index in [0.717, 1.165) is 6.42 Å². The Morgan fingerprint density at radius 2 is 2.09 bits per heavy atom. The molecule has 0 fully saturated rings. The zero-order chi connectivity index (χ0) is 8.85. The number of hydrogen-bond donors (Lipinski definition) is 0. The lowest BCUT2D eigenvalue weighted by Gasteiger charge is -2.22. The molecule has 0 radical (unpaired) electrons. The maximum atomic E-state index is 10.5. The first-order chi connectivity index (χ1) is 5.07. The van der Waals surface area contributed by atoms with Gasteiger partial charge in [0.1, 0.15) is 0 Å². The summed E-state index contributed by atoms with van der Waals surface area (Å²) in [6, 6.07) is 0. The Balaban J connectivity index is 3.61. The first-order valence-corrected chi connectivity index (χ1v) is 4.95. The van der Waals surface area contributed by atoms with Gasteiger partial charge < -0.3 is 4.55 Å². The van der Waals surface area contributed by atoms with E-state index in [1.165, 1.54) is 4.31 Å². The fraction of sp³-hybridized carbons (Fsp3) is 1.00. The van der Waals surface area contributed by atoms with Crippen LogP contribution >= 0.6 is 0 Å². The Morgan fingerprint density at radius 3 is 2.36 bits per heavy atom. The van der Waals surface area contributed by atoms with E-state index >= 15 is 0 Å². The standard InChI is InChI=1S/C7H17NO2S/c1-4-8(11(9)10)6-5-7(2)3/h7H,4-6H2,1-3H3,(H,9,10)/p-1. The highest BCUT2D eigenvalue weighted by Gasteiger charge is 2.02. The molecule has 0 bridgehead atoms. The van der Waals surface area contributed by atoms with Crippen LogP contribution in [0.4, 0.5) is 0 Å². The molecule has 11 heavy (non-hydrogen) atoms. The second-order valence-corrected chi connectivity index (χ2v) is 3.87. The van der Waals surface area contributed by atoms with Crippen LogP contribution in [0.15, 0.2) is 0 Å². The molecule has 0 spiro atoms. The topological polar surface area (TPSA) is 43.4 Å². The van der Waals surface area contributed by atoms with Gasteiger partial charge in [0, 0.05) is 24.4 Å². The van der Waals surface area contributed by atoms with Gasteiger partial charge in [0.05, 0.1) is 0 Å². The van der Waals surface area contributed by atoms with Gasteiger partial charge in [-0.15, -0.1) is 0 Å². The molecule has 0 saturated carbocycles. The van der Waals surface area contributed by atoms with Gasteiger partial charge in [-0.25, -0.2) is 4.31 Å². The van der Waals surface area contributed by atoms with Gasteiger partial charge in [0.2, 0.25) is 0 Å². The monoisotopic (exact) mass is 178 g/mol. The third-order valence-corrected chi connectivity index (χ3v) is 2.38. The maximum absolute atomic E-state index is 10.5. The third kappa shape index (κ3) is 5.35. The highest BCUT2D eigenvalue weighted by Crippen LogP contribution is 2.02. The average molecular weight is 178 g/mol. The summed E-state index contributed by atoms with van der Waals surface area (Å²) in [5, 5.41) is 0. The van der Waals surface area contributed by atoms with Crippen molar-refractivity contribution in [3.05, 3.63) is 0 Å². The lowest BCUT2D eigenvalue weighted by Crippen LogP contribution is -2.27. The summed E-state index contributed by atoms with van der Waals surface area (Å²) in [4.78, 5) is 0. The summed E-state index contributed by atoms with van der Waals surface area (Å²) in [5.41, 5.74) is 0. The van der Waals surface area contributed by atoms with E-state index in [1.54, 1.807) is 0 Å². The molecule has 0 aliphatic heterocycles. The molecule has 68 valence electrons. The second-order valence-electron chi connectivity index (χ2n) is 2.92. The van der Waals surface area contributed by atoms with Crippen molar-refractivity contribution in [2.24, 2.45) is 5.92 Å². The summed E-state index contributed by atoms with van der Waals surface area (Å²) in [6.07, 6.45) is 0.932. The Kier molecular flexibility index (Phi) is 5.72. The molecule has 0 aliphatic carbocycles. The van der Waals surface area contributed by atoms with Gasteiger partial charge in [0.25, 0.3) is 0 Å². The average Bonchev–Trinajstić information content (AvgIpc) is 1.87. The minimum atomic E-state index is -2.04. The molecule has 0 aromatic rings. The minimum Gasteiger partial charge on any atom is -0.760 e. The highest BCUT2D eigenvalue weighted by atomic mass is 32.2. The van der Waals surface area contributed by atoms with Gasteiger partial charge >= 0.3 is 0 Å². The molecular weight excluding hydrogens is 162 g/mol. The van der Waals surface area contributed by atoms with E-state index in [1.807, 2.05) is 6.92 Å². The molecule has 1 unspecified atom stereocenters. The van der Waals surface area contributed by atoms with Crippen LogP contribution in [-0.4, -0.2) is 26.2 Å². The first kappa shape index (κ1) is 11.1. The number of nitrogens with zero attached hydrogens (tertiary/aromatic N) is 1. The predicted molar refractivity (Wildman–Crippen MR) is 45.6 cm³/mol. The van der Waals surface area contributed by atoms with Gasteiger partial charge in [-0.1, -0.05) is 20.8 Å². The fourth-order valence-electron chi connectivity index (χ4n) is 0.740. The fourth-order valence-corrected chi connectivity index (χ4v) is 1.21. The SMILES string of the molecule is CCN(CCC(C)C)S(=O)[O-]. The summed E-state index contributed by atoms with van der Waals surface area (Å²) < 4.78 is 22.4. The van der Waals surface area contributed by atoms with Crippen LogP contribution in [0.1, 0.15) is 27.2 Å². The van der Waals surface area contributed by atoms with E-state index in [4.69, 9.17) is 0 Å². The van der Waals surface area contributed by atoms with Crippen LogP contribution < -0.4 is 0 Å². The van der Waals surface area contributed by atoms with Crippen molar-refractivity contribution < 1.29 is 8.76 Å². The van der Waals surface area contributed by atoms with Gasteiger partial charge in [-0.3, -0.25) is 4.21 Å². The molecule has 0 aromatic heterocycles. The van der Waals surface area contributed by atoms with Crippen molar-refractivity contribution in [1.82, 2.24) is 4.31 Å². The van der Waals surface area contributed by atoms with E-state index in [0.29, 0.717) is 19.0 Å². The Labute approximate surface area is 71.2 Å². The van der Waals surface area contributed by atoms with Crippen LogP contribution in [0.25, 0.3) is 0 Å². The summed E-state index contributed by atoms with van der Waals surface area (Å²) >= 11 is -2.04. The number of hydrogen-bond acceptors (Lipinski definition) is 2. The van der Waals surface area contributed by atoms with E-state index in [2.05, 4.69) is 13.8 Å². The van der Waals surface area contributed by atoms with E-state index in [-0.39, 0.29) is 0 Å². The molecule has 0 saturated heterocycles. The van der Waals surface area contributed by atoms with Crippen molar-refractivity contribution in [3.8, 4) is 0 Å². The molecule has 0 rings (SSSR count). The van der Waals surface area contributed by atoms with Crippen molar-refractivity contribution in [2.45, 2.75) is 27.2 Å². The predicted octanol–water partition coefficient (Wildman–Crippen LogP) is 1.15. The molecule has 0 aromatic carbocycles. The van der Waals surface area contributed by atoms with E-state index in [9.17, 15) is 8.76 Å². The van der Waals surface area contributed by atoms with Gasteiger partial charge in [-0.05, 0) is 12.3 Å². The van der Waals surface area contributed by atoms with Crippen molar-refractivity contribution >= 4 is 11.3 Å². The van der Waals surface area contributed by atoms with Crippen LogP contribution in [-0.2, 0) is 11.3 Å². The Bertz CT molecular complexity index is 128. The molecule has 0 aliphatic rings. The van der Waals surface area contributed by atoms with Gasteiger partial charge in [-0.2, -0.15) is 0 Å². The molecular formula is C7H16NO2S-. The van der Waals surface area contributed by atoms with Crippen LogP contribution in [0, 0.1) is 5.92 Å². The summed E-state index contributed by atoms with van der Waals surface area (Å²) in [5.74, 6) is 0.563. The molecule has 1 atom stereocenters.